The molecule has 4 amide bonds. The van der Waals surface area contributed by atoms with Gasteiger partial charge in [-0.15, -0.1) is 0 Å². The predicted octanol–water partition coefficient (Wildman–Crippen LogP) is 4.27. The van der Waals surface area contributed by atoms with Crippen LogP contribution in [0.4, 0.5) is 21.9 Å². The van der Waals surface area contributed by atoms with E-state index in [1.165, 1.54) is 0 Å². The van der Waals surface area contributed by atoms with Crippen molar-refractivity contribution in [2.24, 2.45) is 10.2 Å². The Morgan fingerprint density at radius 1 is 0.941 bits per heavy atom. The number of ether oxygens (including phenoxy) is 1. The molecule has 0 aromatic heterocycles. The van der Waals surface area contributed by atoms with Gasteiger partial charge in [0.2, 0.25) is 5.91 Å². The maximum absolute atomic E-state index is 13.3. The summed E-state index contributed by atoms with van der Waals surface area (Å²) in [6, 6.07) is 22.6. The third-order valence-corrected chi connectivity index (χ3v) is 5.75. The summed E-state index contributed by atoms with van der Waals surface area (Å²) in [7, 11) is 0. The number of carbonyl (C=O) groups is 3. The molecule has 34 heavy (non-hydrogen) atoms. The number of fused-ring (bicyclic) bond motifs is 2. The van der Waals surface area contributed by atoms with Gasteiger partial charge >= 0.3 is 6.03 Å². The van der Waals surface area contributed by atoms with E-state index in [2.05, 4.69) is 20.9 Å². The number of anilines is 1. The van der Waals surface area contributed by atoms with Gasteiger partial charge in [0.05, 0.1) is 18.0 Å². The van der Waals surface area contributed by atoms with Crippen molar-refractivity contribution in [3.8, 4) is 5.75 Å². The topological polar surface area (TPSA) is 112 Å². The number of carbonyl (C=O) groups excluding carboxylic acids is 3. The van der Waals surface area contributed by atoms with E-state index in [0.717, 1.165) is 10.6 Å². The first kappa shape index (κ1) is 21.3. The molecule has 2 aliphatic rings. The van der Waals surface area contributed by atoms with Gasteiger partial charge in [-0.1, -0.05) is 36.4 Å². The lowest BCUT2D eigenvalue weighted by Gasteiger charge is -2.33. The molecule has 2 aliphatic heterocycles. The van der Waals surface area contributed by atoms with Crippen molar-refractivity contribution in [1.29, 1.82) is 0 Å². The second-order valence-corrected chi connectivity index (χ2v) is 7.95. The highest BCUT2D eigenvalue weighted by molar-refractivity contribution is 6.10. The molecule has 5 rings (SSSR count). The van der Waals surface area contributed by atoms with Gasteiger partial charge in [-0.05, 0) is 42.5 Å². The molecule has 1 saturated heterocycles. The number of hydrogen-bond donors (Lipinski definition) is 2. The first-order chi connectivity index (χ1) is 16.5. The Balaban J connectivity index is 1.24. The third-order valence-electron chi connectivity index (χ3n) is 5.75. The number of imide groups is 1. The smallest absolute Gasteiger partial charge is 0.325 e. The van der Waals surface area contributed by atoms with E-state index >= 15 is 0 Å². The Morgan fingerprint density at radius 3 is 2.38 bits per heavy atom. The summed E-state index contributed by atoms with van der Waals surface area (Å²) >= 11 is 0. The zero-order valence-electron chi connectivity index (χ0n) is 18.1. The second kappa shape index (κ2) is 8.78. The van der Waals surface area contributed by atoms with Crippen LogP contribution in [0.5, 0.6) is 5.75 Å². The van der Waals surface area contributed by atoms with Crippen LogP contribution in [0.1, 0.15) is 12.0 Å². The Kier molecular flexibility index (Phi) is 5.51. The molecule has 1 atom stereocenters. The van der Waals surface area contributed by atoms with Gasteiger partial charge in [-0.25, -0.2) is 4.79 Å². The van der Waals surface area contributed by atoms with Crippen molar-refractivity contribution in [1.82, 2.24) is 10.2 Å². The van der Waals surface area contributed by atoms with Crippen molar-refractivity contribution in [2.45, 2.75) is 12.0 Å². The minimum absolute atomic E-state index is 0.289. The summed E-state index contributed by atoms with van der Waals surface area (Å²) in [5.74, 6) is -0.391. The average molecular weight is 455 g/mol. The van der Waals surface area contributed by atoms with E-state index in [9.17, 15) is 14.4 Å². The van der Waals surface area contributed by atoms with E-state index in [4.69, 9.17) is 4.74 Å². The number of azo groups is 1. The highest BCUT2D eigenvalue weighted by Gasteiger charge is 2.55. The number of nitrogens with one attached hydrogen (secondary N) is 2. The zero-order valence-corrected chi connectivity index (χ0v) is 18.1. The minimum atomic E-state index is -1.21. The van der Waals surface area contributed by atoms with Crippen LogP contribution in [0.3, 0.4) is 0 Å². The number of para-hydroxylation sites is 1. The molecule has 9 heteroatoms. The van der Waals surface area contributed by atoms with E-state index in [0.29, 0.717) is 29.1 Å². The Morgan fingerprint density at radius 2 is 1.62 bits per heavy atom. The summed E-state index contributed by atoms with van der Waals surface area (Å²) in [4.78, 5) is 39.5. The normalized spacial score (nSPS) is 19.1. The lowest BCUT2D eigenvalue weighted by atomic mass is 9.84. The zero-order chi connectivity index (χ0) is 23.5. The summed E-state index contributed by atoms with van der Waals surface area (Å²) in [5.41, 5.74) is 1.26. The van der Waals surface area contributed by atoms with Gasteiger partial charge in [0.15, 0.2) is 5.54 Å². The second-order valence-electron chi connectivity index (χ2n) is 7.95. The molecule has 1 unspecified atom stereocenters. The first-order valence-electron chi connectivity index (χ1n) is 10.8. The molecular formula is C25H21N5O4. The number of nitrogens with zero attached hydrogens (tertiary/aromatic N) is 3. The van der Waals surface area contributed by atoms with Gasteiger partial charge in [-0.2, -0.15) is 10.2 Å². The van der Waals surface area contributed by atoms with Crippen molar-refractivity contribution in [2.75, 3.05) is 18.5 Å². The van der Waals surface area contributed by atoms with E-state index in [1.54, 1.807) is 48.5 Å². The standard InChI is InChI=1S/C25H21N5O4/c31-22(26-17-10-12-19(13-11-17)29-28-18-6-2-1-3-7-18)16-30-23(32)25(27-24(30)33)14-15-34-21-9-5-4-8-20(21)25/h1-13H,14-16H2,(H,26,31)(H,27,33). The van der Waals surface area contributed by atoms with Gasteiger partial charge in [0.25, 0.3) is 5.91 Å². The summed E-state index contributed by atoms with van der Waals surface area (Å²) in [5, 5.41) is 13.8. The van der Waals surface area contributed by atoms with Crippen molar-refractivity contribution >= 4 is 34.9 Å². The molecule has 2 heterocycles. The van der Waals surface area contributed by atoms with Crippen LogP contribution in [-0.2, 0) is 15.1 Å². The molecule has 170 valence electrons. The van der Waals surface area contributed by atoms with Crippen LogP contribution in [0, 0.1) is 0 Å². The summed E-state index contributed by atoms with van der Waals surface area (Å²) < 4.78 is 5.63. The van der Waals surface area contributed by atoms with Gasteiger partial charge in [0.1, 0.15) is 12.3 Å². The molecule has 0 saturated carbocycles. The molecule has 3 aromatic carbocycles. The fraction of sp³-hybridized carbons (Fsp3) is 0.160. The first-order valence-corrected chi connectivity index (χ1v) is 10.8. The highest BCUT2D eigenvalue weighted by Crippen LogP contribution is 2.40. The van der Waals surface area contributed by atoms with Crippen LogP contribution >= 0.6 is 0 Å². The number of amides is 4. The lowest BCUT2D eigenvalue weighted by molar-refractivity contribution is -0.135. The van der Waals surface area contributed by atoms with Crippen LogP contribution < -0.4 is 15.4 Å². The van der Waals surface area contributed by atoms with Crippen molar-refractivity contribution in [3.05, 3.63) is 84.4 Å². The fourth-order valence-corrected chi connectivity index (χ4v) is 4.08. The predicted molar refractivity (Wildman–Crippen MR) is 124 cm³/mol. The molecule has 0 bridgehead atoms. The molecule has 1 spiro atoms. The molecule has 0 aliphatic carbocycles. The molecule has 3 aromatic rings. The van der Waals surface area contributed by atoms with Crippen LogP contribution in [0.2, 0.25) is 0 Å². The van der Waals surface area contributed by atoms with Gasteiger partial charge < -0.3 is 15.4 Å². The average Bonchev–Trinajstić information content (AvgIpc) is 3.09. The summed E-state index contributed by atoms with van der Waals surface area (Å²) in [6.45, 7) is -0.109. The molecule has 0 radical (unpaired) electrons. The molecule has 2 N–H and O–H groups in total. The van der Waals surface area contributed by atoms with Gasteiger partial charge in [-0.3, -0.25) is 14.5 Å². The van der Waals surface area contributed by atoms with Crippen LogP contribution in [0.25, 0.3) is 0 Å². The van der Waals surface area contributed by atoms with Crippen LogP contribution in [0.15, 0.2) is 89.1 Å². The fourth-order valence-electron chi connectivity index (χ4n) is 4.08. The van der Waals surface area contributed by atoms with E-state index < -0.39 is 29.9 Å². The van der Waals surface area contributed by atoms with Crippen LogP contribution in [-0.4, -0.2) is 35.9 Å². The highest BCUT2D eigenvalue weighted by atomic mass is 16.5. The van der Waals surface area contributed by atoms with Crippen molar-refractivity contribution in [3.63, 3.8) is 0 Å². The lowest BCUT2D eigenvalue weighted by Crippen LogP contribution is -2.48. The monoisotopic (exact) mass is 455 g/mol. The Hall–Kier alpha value is -4.53. The molecule has 1 fully saturated rings. The quantitative estimate of drug-likeness (QED) is 0.442. The maximum atomic E-state index is 13.3. The number of benzene rings is 3. The number of urea groups is 1. The molecule has 9 nitrogen and oxygen atoms in total. The SMILES string of the molecule is O=C(CN1C(=O)NC2(CCOc3ccccc32)C1=O)Nc1ccc(N=Nc2ccccc2)cc1. The summed E-state index contributed by atoms with van der Waals surface area (Å²) in [6.07, 6.45) is 0.297. The molecular weight excluding hydrogens is 434 g/mol. The number of rotatable bonds is 5. The maximum Gasteiger partial charge on any atom is 0.325 e. The number of hydrogen-bond acceptors (Lipinski definition) is 6. The third kappa shape index (κ3) is 3.99. The van der Waals surface area contributed by atoms with Gasteiger partial charge in [0, 0.05) is 17.7 Å². The van der Waals surface area contributed by atoms with E-state index in [-0.39, 0.29) is 6.61 Å². The largest absolute Gasteiger partial charge is 0.493 e. The Labute approximate surface area is 195 Å². The minimum Gasteiger partial charge on any atom is -0.493 e. The Bertz CT molecular complexity index is 1280. The van der Waals surface area contributed by atoms with Crippen molar-refractivity contribution < 1.29 is 19.1 Å². The van der Waals surface area contributed by atoms with E-state index in [1.807, 2.05) is 30.3 Å².